The molecular weight excluding hydrogens is 306 g/mol. The molecule has 0 bridgehead atoms. The van der Waals surface area contributed by atoms with E-state index in [0.29, 0.717) is 19.1 Å². The lowest BCUT2D eigenvalue weighted by molar-refractivity contribution is -0.150. The van der Waals surface area contributed by atoms with Gasteiger partial charge in [0.15, 0.2) is 0 Å². The van der Waals surface area contributed by atoms with Crippen molar-refractivity contribution in [2.75, 3.05) is 13.1 Å². The standard InChI is InChI=1S/C18H23N3O3/c1-3-16-19-14-6-4-5-7-15(14)21(16)13-8-10-20(11-9-13)17(22)12(2)18(23)24/h4-7,12-13H,3,8-11H2,1-2H3,(H,23,24). The number of nitrogens with zero attached hydrogens (tertiary/aromatic N) is 3. The van der Waals surface area contributed by atoms with E-state index in [9.17, 15) is 9.59 Å². The summed E-state index contributed by atoms with van der Waals surface area (Å²) in [6, 6.07) is 8.43. The Balaban J connectivity index is 1.78. The molecule has 24 heavy (non-hydrogen) atoms. The molecule has 1 unspecified atom stereocenters. The Bertz CT molecular complexity index is 760. The van der Waals surface area contributed by atoms with E-state index < -0.39 is 11.9 Å². The van der Waals surface area contributed by atoms with Crippen LogP contribution in [0.1, 0.15) is 38.6 Å². The Morgan fingerprint density at radius 2 is 1.96 bits per heavy atom. The first kappa shape index (κ1) is 16.5. The summed E-state index contributed by atoms with van der Waals surface area (Å²) in [5, 5.41) is 9.01. The van der Waals surface area contributed by atoms with Crippen molar-refractivity contribution >= 4 is 22.9 Å². The van der Waals surface area contributed by atoms with Crippen LogP contribution in [0.3, 0.4) is 0 Å². The fourth-order valence-electron chi connectivity index (χ4n) is 3.48. The van der Waals surface area contributed by atoms with Gasteiger partial charge in [-0.3, -0.25) is 9.59 Å². The van der Waals surface area contributed by atoms with Gasteiger partial charge in [-0.2, -0.15) is 0 Å². The number of aliphatic carboxylic acids is 1. The number of rotatable bonds is 4. The van der Waals surface area contributed by atoms with Crippen LogP contribution in [0.5, 0.6) is 0 Å². The van der Waals surface area contributed by atoms with Gasteiger partial charge in [-0.05, 0) is 31.9 Å². The Morgan fingerprint density at radius 1 is 1.29 bits per heavy atom. The fourth-order valence-corrected chi connectivity index (χ4v) is 3.48. The van der Waals surface area contributed by atoms with Crippen molar-refractivity contribution in [1.29, 1.82) is 0 Å². The molecule has 1 amide bonds. The third kappa shape index (κ3) is 2.88. The van der Waals surface area contributed by atoms with Gasteiger partial charge >= 0.3 is 5.97 Å². The zero-order valence-electron chi connectivity index (χ0n) is 14.1. The number of para-hydroxylation sites is 2. The molecule has 1 aromatic carbocycles. The van der Waals surface area contributed by atoms with Crippen LogP contribution in [0, 0.1) is 5.92 Å². The van der Waals surface area contributed by atoms with Gasteiger partial charge in [-0.1, -0.05) is 19.1 Å². The monoisotopic (exact) mass is 329 g/mol. The SMILES string of the molecule is CCc1nc2ccccc2n1C1CCN(C(=O)C(C)C(=O)O)CC1. The molecule has 1 saturated heterocycles. The number of carbonyl (C=O) groups is 2. The van der Waals surface area contributed by atoms with Crippen LogP contribution in [0.25, 0.3) is 11.0 Å². The Morgan fingerprint density at radius 3 is 2.58 bits per heavy atom. The first-order valence-corrected chi connectivity index (χ1v) is 8.50. The Kier molecular flexibility index (Phi) is 4.55. The van der Waals surface area contributed by atoms with E-state index in [2.05, 4.69) is 17.6 Å². The molecule has 1 aromatic heterocycles. The number of hydrogen-bond donors (Lipinski definition) is 1. The van der Waals surface area contributed by atoms with E-state index in [4.69, 9.17) is 10.1 Å². The summed E-state index contributed by atoms with van der Waals surface area (Å²) < 4.78 is 2.30. The maximum absolute atomic E-state index is 12.2. The lowest BCUT2D eigenvalue weighted by atomic mass is 10.0. The van der Waals surface area contributed by atoms with Gasteiger partial charge in [0, 0.05) is 25.6 Å². The van der Waals surface area contributed by atoms with Crippen LogP contribution in [0.2, 0.25) is 0 Å². The zero-order chi connectivity index (χ0) is 17.3. The van der Waals surface area contributed by atoms with Gasteiger partial charge < -0.3 is 14.6 Å². The van der Waals surface area contributed by atoms with Crippen LogP contribution in [0.15, 0.2) is 24.3 Å². The van der Waals surface area contributed by atoms with Crippen molar-refractivity contribution in [3.8, 4) is 0 Å². The number of carboxylic acids is 1. The van der Waals surface area contributed by atoms with E-state index >= 15 is 0 Å². The highest BCUT2D eigenvalue weighted by molar-refractivity contribution is 5.96. The molecule has 6 nitrogen and oxygen atoms in total. The minimum Gasteiger partial charge on any atom is -0.481 e. The molecule has 1 aliphatic rings. The second kappa shape index (κ2) is 6.63. The second-order valence-electron chi connectivity index (χ2n) is 6.36. The molecule has 128 valence electrons. The maximum atomic E-state index is 12.2. The van der Waals surface area contributed by atoms with Crippen LogP contribution >= 0.6 is 0 Å². The third-order valence-electron chi connectivity index (χ3n) is 4.87. The number of aryl methyl sites for hydroxylation is 1. The number of hydrogen-bond acceptors (Lipinski definition) is 3. The highest BCUT2D eigenvalue weighted by Gasteiger charge is 2.30. The van der Waals surface area contributed by atoms with E-state index in [1.807, 2.05) is 18.2 Å². The topological polar surface area (TPSA) is 75.4 Å². The van der Waals surface area contributed by atoms with Gasteiger partial charge in [0.1, 0.15) is 11.7 Å². The number of benzene rings is 1. The van der Waals surface area contributed by atoms with Gasteiger partial charge in [0.25, 0.3) is 0 Å². The van der Waals surface area contributed by atoms with Crippen LogP contribution in [-0.2, 0) is 16.0 Å². The number of carboxylic acid groups (broad SMARTS) is 1. The van der Waals surface area contributed by atoms with Crippen LogP contribution < -0.4 is 0 Å². The summed E-state index contributed by atoms with van der Waals surface area (Å²) in [6.07, 6.45) is 2.51. The molecule has 2 aromatic rings. The van der Waals surface area contributed by atoms with Crippen molar-refractivity contribution in [1.82, 2.24) is 14.5 Å². The van der Waals surface area contributed by atoms with E-state index in [1.54, 1.807) is 4.90 Å². The third-order valence-corrected chi connectivity index (χ3v) is 4.87. The van der Waals surface area contributed by atoms with Crippen LogP contribution in [-0.4, -0.2) is 44.5 Å². The van der Waals surface area contributed by atoms with E-state index in [1.165, 1.54) is 6.92 Å². The minimum atomic E-state index is -1.06. The van der Waals surface area contributed by atoms with Crippen LogP contribution in [0.4, 0.5) is 0 Å². The number of likely N-dealkylation sites (tertiary alicyclic amines) is 1. The lowest BCUT2D eigenvalue weighted by Gasteiger charge is -2.34. The summed E-state index contributed by atoms with van der Waals surface area (Å²) in [5.41, 5.74) is 2.14. The molecule has 6 heteroatoms. The predicted octanol–water partition coefficient (Wildman–Crippen LogP) is 2.48. The number of carbonyl (C=O) groups excluding carboxylic acids is 1. The van der Waals surface area contributed by atoms with Gasteiger partial charge in [-0.25, -0.2) is 4.98 Å². The molecule has 1 fully saturated rings. The van der Waals surface area contributed by atoms with E-state index in [0.717, 1.165) is 36.1 Å². The van der Waals surface area contributed by atoms with E-state index in [-0.39, 0.29) is 5.91 Å². The molecule has 3 rings (SSSR count). The highest BCUT2D eigenvalue weighted by atomic mass is 16.4. The molecule has 0 spiro atoms. The first-order chi connectivity index (χ1) is 11.5. The summed E-state index contributed by atoms with van der Waals surface area (Å²) in [6.45, 7) is 4.74. The van der Waals surface area contributed by atoms with Gasteiger partial charge in [-0.15, -0.1) is 0 Å². The number of imidazole rings is 1. The molecule has 1 aliphatic heterocycles. The Labute approximate surface area is 141 Å². The molecule has 2 heterocycles. The quantitative estimate of drug-likeness (QED) is 0.875. The summed E-state index contributed by atoms with van der Waals surface area (Å²) in [7, 11) is 0. The highest BCUT2D eigenvalue weighted by Crippen LogP contribution is 2.29. The van der Waals surface area contributed by atoms with Crippen molar-refractivity contribution in [3.05, 3.63) is 30.1 Å². The molecule has 0 saturated carbocycles. The largest absolute Gasteiger partial charge is 0.481 e. The predicted molar refractivity (Wildman–Crippen MR) is 90.8 cm³/mol. The average Bonchev–Trinajstić information content (AvgIpc) is 2.99. The Hall–Kier alpha value is -2.37. The number of aromatic nitrogens is 2. The molecule has 0 radical (unpaired) electrons. The molecule has 0 aliphatic carbocycles. The van der Waals surface area contributed by atoms with Crippen molar-refractivity contribution in [3.63, 3.8) is 0 Å². The maximum Gasteiger partial charge on any atom is 0.315 e. The van der Waals surface area contributed by atoms with Crippen molar-refractivity contribution in [2.45, 2.75) is 39.2 Å². The zero-order valence-corrected chi connectivity index (χ0v) is 14.1. The first-order valence-electron chi connectivity index (χ1n) is 8.50. The molecule has 1 atom stereocenters. The lowest BCUT2D eigenvalue weighted by Crippen LogP contribution is -2.43. The fraction of sp³-hybridized carbons (Fsp3) is 0.500. The number of amides is 1. The molecule has 1 N–H and O–H groups in total. The van der Waals surface area contributed by atoms with Crippen molar-refractivity contribution < 1.29 is 14.7 Å². The average molecular weight is 329 g/mol. The number of fused-ring (bicyclic) bond motifs is 1. The van der Waals surface area contributed by atoms with Gasteiger partial charge in [0.2, 0.25) is 5.91 Å². The smallest absolute Gasteiger partial charge is 0.315 e. The normalized spacial score (nSPS) is 17.2. The summed E-state index contributed by atoms with van der Waals surface area (Å²) in [4.78, 5) is 29.6. The summed E-state index contributed by atoms with van der Waals surface area (Å²) in [5.74, 6) is -1.25. The second-order valence-corrected chi connectivity index (χ2v) is 6.36. The minimum absolute atomic E-state index is 0.285. The number of piperidine rings is 1. The van der Waals surface area contributed by atoms with Gasteiger partial charge in [0.05, 0.1) is 11.0 Å². The van der Waals surface area contributed by atoms with Crippen molar-refractivity contribution in [2.24, 2.45) is 5.92 Å². The molecular formula is C18H23N3O3. The summed E-state index contributed by atoms with van der Waals surface area (Å²) >= 11 is 0.